The molecule has 0 aromatic heterocycles. The average molecular weight is 398 g/mol. The summed E-state index contributed by atoms with van der Waals surface area (Å²) in [6.07, 6.45) is 14.3. The Morgan fingerprint density at radius 2 is 1.83 bits per heavy atom. The van der Waals surface area contributed by atoms with Gasteiger partial charge in [-0.05, 0) is 104 Å². The van der Waals surface area contributed by atoms with E-state index >= 15 is 0 Å². The molecule has 4 aliphatic carbocycles. The van der Waals surface area contributed by atoms with Crippen molar-refractivity contribution >= 4 is 0 Å². The molecule has 2 nitrogen and oxygen atoms in total. The van der Waals surface area contributed by atoms with Crippen LogP contribution in [0.2, 0.25) is 0 Å². The minimum atomic E-state index is -0.0792. The fourth-order valence-electron chi connectivity index (χ4n) is 10.4. The van der Waals surface area contributed by atoms with Gasteiger partial charge in [0, 0.05) is 18.6 Å². The Kier molecular flexibility index (Phi) is 4.23. The number of hydrogen-bond donors (Lipinski definition) is 1. The molecule has 162 valence electrons. The van der Waals surface area contributed by atoms with E-state index in [1.807, 2.05) is 0 Å². The van der Waals surface area contributed by atoms with E-state index < -0.39 is 0 Å². The molecular weight excluding hydrogens is 354 g/mol. The molecule has 2 saturated heterocycles. The standard InChI is InChI=1S/C27H43NO/c1-16-5-8-23-17(2)25-24(28(23)15-16)14-22-20-7-6-18-13-19(29)9-11-26(18,3)21(20)10-12-27(22,25)4/h6,16-17,19-25,29H,5,7-15H2,1-4H3/t16-,17+,19-,20-,21+,22+,23+,24-,25-,26-,27-/m0/s1. The number of allylic oxidation sites excluding steroid dienone is 1. The third-order valence-electron chi connectivity index (χ3n) is 11.7. The van der Waals surface area contributed by atoms with Crippen molar-refractivity contribution in [3.05, 3.63) is 11.6 Å². The molecule has 6 rings (SSSR count). The molecule has 2 heteroatoms. The van der Waals surface area contributed by atoms with Crippen LogP contribution >= 0.6 is 0 Å². The van der Waals surface area contributed by atoms with Crippen LogP contribution in [0, 0.1) is 46.3 Å². The number of hydrogen-bond acceptors (Lipinski definition) is 2. The first-order valence-electron chi connectivity index (χ1n) is 13.0. The lowest BCUT2D eigenvalue weighted by Crippen LogP contribution is -2.51. The van der Waals surface area contributed by atoms with Gasteiger partial charge in [-0.15, -0.1) is 0 Å². The van der Waals surface area contributed by atoms with E-state index in [4.69, 9.17) is 0 Å². The number of piperidine rings is 1. The van der Waals surface area contributed by atoms with Crippen LogP contribution in [0.15, 0.2) is 11.6 Å². The van der Waals surface area contributed by atoms with E-state index in [9.17, 15) is 5.11 Å². The first kappa shape index (κ1) is 19.4. The monoisotopic (exact) mass is 397 g/mol. The van der Waals surface area contributed by atoms with Gasteiger partial charge < -0.3 is 5.11 Å². The third-order valence-corrected chi connectivity index (χ3v) is 11.7. The van der Waals surface area contributed by atoms with Crippen LogP contribution in [0.1, 0.15) is 85.5 Å². The highest BCUT2D eigenvalue weighted by Gasteiger charge is 2.66. The van der Waals surface area contributed by atoms with Gasteiger partial charge in [-0.2, -0.15) is 0 Å². The Bertz CT molecular complexity index is 715. The van der Waals surface area contributed by atoms with Crippen molar-refractivity contribution in [2.45, 2.75) is 104 Å². The molecule has 0 bridgehead atoms. The SMILES string of the molecule is C[C@H]1CC[C@@H]2[C@@H](C)[C@H]3[C@H](C[C@@H]4[C@H]5CC=C6C[C@@H](O)CC[C@]6(C)[C@@H]5CC[C@]34C)N2C1. The molecule has 0 amide bonds. The Balaban J connectivity index is 1.33. The maximum atomic E-state index is 10.3. The van der Waals surface area contributed by atoms with Crippen LogP contribution in [0.3, 0.4) is 0 Å². The van der Waals surface area contributed by atoms with E-state index in [-0.39, 0.29) is 6.10 Å². The highest BCUT2D eigenvalue weighted by Crippen LogP contribution is 2.69. The Hall–Kier alpha value is -0.340. The first-order valence-corrected chi connectivity index (χ1v) is 13.0. The molecule has 2 heterocycles. The first-order chi connectivity index (χ1) is 13.8. The fourth-order valence-corrected chi connectivity index (χ4v) is 10.4. The summed E-state index contributed by atoms with van der Waals surface area (Å²) >= 11 is 0. The molecular formula is C27H43NO. The molecule has 2 aliphatic heterocycles. The number of fused-ring (bicyclic) bond motifs is 9. The minimum Gasteiger partial charge on any atom is -0.393 e. The quantitative estimate of drug-likeness (QED) is 0.534. The maximum absolute atomic E-state index is 10.3. The number of aliphatic hydroxyl groups excluding tert-OH is 1. The second kappa shape index (κ2) is 6.35. The Morgan fingerprint density at radius 1 is 1.00 bits per heavy atom. The second-order valence-electron chi connectivity index (χ2n) is 12.8. The molecule has 11 atom stereocenters. The van der Waals surface area contributed by atoms with Gasteiger partial charge >= 0.3 is 0 Å². The predicted octanol–water partition coefficient (Wildman–Crippen LogP) is 5.66. The summed E-state index contributed by atoms with van der Waals surface area (Å²) in [6, 6.07) is 1.75. The molecule has 0 spiro atoms. The predicted molar refractivity (Wildman–Crippen MR) is 118 cm³/mol. The Morgan fingerprint density at radius 3 is 2.66 bits per heavy atom. The fraction of sp³-hybridized carbons (Fsp3) is 0.926. The molecule has 3 saturated carbocycles. The van der Waals surface area contributed by atoms with Gasteiger partial charge in [-0.25, -0.2) is 0 Å². The summed E-state index contributed by atoms with van der Waals surface area (Å²) in [5.41, 5.74) is 2.58. The van der Waals surface area contributed by atoms with Crippen molar-refractivity contribution < 1.29 is 5.11 Å². The number of nitrogens with zero attached hydrogens (tertiary/aromatic N) is 1. The molecule has 0 aromatic carbocycles. The smallest absolute Gasteiger partial charge is 0.0577 e. The lowest BCUT2D eigenvalue weighted by molar-refractivity contribution is -0.0574. The van der Waals surface area contributed by atoms with Crippen LogP contribution in [-0.4, -0.2) is 34.7 Å². The number of aliphatic hydroxyl groups is 1. The van der Waals surface area contributed by atoms with Crippen molar-refractivity contribution in [2.24, 2.45) is 46.3 Å². The summed E-state index contributed by atoms with van der Waals surface area (Å²) < 4.78 is 0. The highest BCUT2D eigenvalue weighted by atomic mass is 16.3. The van der Waals surface area contributed by atoms with E-state index in [0.29, 0.717) is 10.8 Å². The van der Waals surface area contributed by atoms with Gasteiger partial charge in [0.2, 0.25) is 0 Å². The van der Waals surface area contributed by atoms with E-state index in [0.717, 1.165) is 60.4 Å². The molecule has 5 fully saturated rings. The molecule has 6 aliphatic rings. The van der Waals surface area contributed by atoms with Crippen LogP contribution in [0.5, 0.6) is 0 Å². The van der Waals surface area contributed by atoms with Crippen molar-refractivity contribution in [3.63, 3.8) is 0 Å². The van der Waals surface area contributed by atoms with E-state index in [2.05, 4.69) is 38.7 Å². The van der Waals surface area contributed by atoms with Gasteiger partial charge in [0.05, 0.1) is 6.10 Å². The highest BCUT2D eigenvalue weighted by molar-refractivity contribution is 5.26. The van der Waals surface area contributed by atoms with Gasteiger partial charge in [0.25, 0.3) is 0 Å². The molecule has 1 N–H and O–H groups in total. The number of rotatable bonds is 0. The lowest BCUT2D eigenvalue weighted by Gasteiger charge is -2.58. The maximum Gasteiger partial charge on any atom is 0.0577 e. The third kappa shape index (κ3) is 2.48. The van der Waals surface area contributed by atoms with E-state index in [1.54, 1.807) is 5.57 Å². The van der Waals surface area contributed by atoms with Gasteiger partial charge in [-0.3, -0.25) is 4.90 Å². The lowest BCUT2D eigenvalue weighted by atomic mass is 9.47. The van der Waals surface area contributed by atoms with Crippen molar-refractivity contribution in [3.8, 4) is 0 Å². The minimum absolute atomic E-state index is 0.0792. The summed E-state index contributed by atoms with van der Waals surface area (Å²) in [6.45, 7) is 11.8. The topological polar surface area (TPSA) is 23.5 Å². The average Bonchev–Trinajstić information content (AvgIpc) is 3.15. The van der Waals surface area contributed by atoms with Gasteiger partial charge in [0.1, 0.15) is 0 Å². The Labute approximate surface area is 178 Å². The van der Waals surface area contributed by atoms with Crippen LogP contribution < -0.4 is 0 Å². The largest absolute Gasteiger partial charge is 0.393 e. The zero-order valence-electron chi connectivity index (χ0n) is 19.2. The molecule has 0 unspecified atom stereocenters. The summed E-state index contributed by atoms with van der Waals surface area (Å²) in [5.74, 6) is 5.44. The van der Waals surface area contributed by atoms with E-state index in [1.165, 1.54) is 51.5 Å². The van der Waals surface area contributed by atoms with Crippen LogP contribution in [-0.2, 0) is 0 Å². The van der Waals surface area contributed by atoms with Crippen molar-refractivity contribution in [1.29, 1.82) is 0 Å². The summed E-state index contributed by atoms with van der Waals surface area (Å²) in [5, 5.41) is 10.3. The normalized spacial score (nSPS) is 59.2. The molecule has 0 aromatic rings. The van der Waals surface area contributed by atoms with Crippen molar-refractivity contribution in [1.82, 2.24) is 4.90 Å². The van der Waals surface area contributed by atoms with Crippen LogP contribution in [0.25, 0.3) is 0 Å². The summed E-state index contributed by atoms with van der Waals surface area (Å²) in [4.78, 5) is 3.02. The zero-order chi connectivity index (χ0) is 20.1. The van der Waals surface area contributed by atoms with Gasteiger partial charge in [0.15, 0.2) is 0 Å². The molecule has 0 radical (unpaired) electrons. The van der Waals surface area contributed by atoms with Crippen LogP contribution in [0.4, 0.5) is 0 Å². The van der Waals surface area contributed by atoms with Gasteiger partial charge in [-0.1, -0.05) is 39.3 Å². The molecule has 29 heavy (non-hydrogen) atoms. The van der Waals surface area contributed by atoms with Crippen molar-refractivity contribution in [2.75, 3.05) is 6.54 Å². The zero-order valence-corrected chi connectivity index (χ0v) is 19.2. The summed E-state index contributed by atoms with van der Waals surface area (Å²) in [7, 11) is 0. The second-order valence-corrected chi connectivity index (χ2v) is 12.8.